The minimum Gasteiger partial charge on any atom is -0.360 e. The molecule has 0 spiro atoms. The molecule has 0 saturated carbocycles. The van der Waals surface area contributed by atoms with E-state index in [2.05, 4.69) is 15.6 Å². The van der Waals surface area contributed by atoms with Gasteiger partial charge in [-0.2, -0.15) is 5.10 Å². The molecule has 2 rings (SSSR count). The monoisotopic (exact) mass is 333 g/mol. The Hall–Kier alpha value is -2.64. The van der Waals surface area contributed by atoms with E-state index < -0.39 is 0 Å². The van der Waals surface area contributed by atoms with Crippen LogP contribution in [0, 0.1) is 20.8 Å². The van der Waals surface area contributed by atoms with E-state index in [4.69, 9.17) is 4.52 Å². The summed E-state index contributed by atoms with van der Waals surface area (Å²) in [6.07, 6.45) is 0.943. The molecule has 2 aromatic heterocycles. The molecular weight excluding hydrogens is 310 g/mol. The van der Waals surface area contributed by atoms with Crippen molar-refractivity contribution < 1.29 is 14.1 Å². The first-order chi connectivity index (χ1) is 11.3. The third kappa shape index (κ3) is 4.21. The van der Waals surface area contributed by atoms with Crippen molar-refractivity contribution in [3.8, 4) is 0 Å². The van der Waals surface area contributed by atoms with Crippen LogP contribution in [0.5, 0.6) is 0 Å². The van der Waals surface area contributed by atoms with E-state index in [0.29, 0.717) is 24.4 Å². The summed E-state index contributed by atoms with van der Waals surface area (Å²) in [5.41, 5.74) is 3.08. The minimum atomic E-state index is -0.312. The molecule has 2 heterocycles. The summed E-state index contributed by atoms with van der Waals surface area (Å²) in [7, 11) is 3.49. The fraction of sp³-hybridized carbons (Fsp3) is 0.500. The Bertz CT molecular complexity index is 747. The van der Waals surface area contributed by atoms with Crippen molar-refractivity contribution in [3.05, 3.63) is 28.8 Å². The van der Waals surface area contributed by atoms with Gasteiger partial charge in [-0.1, -0.05) is 5.16 Å². The summed E-state index contributed by atoms with van der Waals surface area (Å²) in [5, 5.41) is 10.6. The molecule has 0 aliphatic rings. The highest BCUT2D eigenvalue weighted by Gasteiger charge is 2.16. The molecule has 8 nitrogen and oxygen atoms in total. The predicted octanol–water partition coefficient (Wildman–Crippen LogP) is 1.36. The summed E-state index contributed by atoms with van der Waals surface area (Å²) in [6.45, 7) is 5.62. The van der Waals surface area contributed by atoms with Crippen molar-refractivity contribution in [3.63, 3.8) is 0 Å². The van der Waals surface area contributed by atoms with Gasteiger partial charge in [0.2, 0.25) is 11.8 Å². The SMILES string of the molecule is Cc1cc(NC(=O)CN(C)C(=O)CCc2c(C)nn(C)c2C)no1. The van der Waals surface area contributed by atoms with Gasteiger partial charge in [0.25, 0.3) is 0 Å². The summed E-state index contributed by atoms with van der Waals surface area (Å²) >= 11 is 0. The molecule has 2 aromatic rings. The molecule has 0 radical (unpaired) electrons. The second kappa shape index (κ2) is 7.29. The van der Waals surface area contributed by atoms with Gasteiger partial charge < -0.3 is 14.7 Å². The van der Waals surface area contributed by atoms with E-state index in [1.165, 1.54) is 4.90 Å². The first-order valence-electron chi connectivity index (χ1n) is 7.74. The number of likely N-dealkylation sites (N-methyl/N-ethyl adjacent to an activating group) is 1. The molecule has 0 aliphatic heterocycles. The largest absolute Gasteiger partial charge is 0.360 e. The number of nitrogens with zero attached hydrogens (tertiary/aromatic N) is 4. The van der Waals surface area contributed by atoms with Gasteiger partial charge in [-0.25, -0.2) is 0 Å². The first-order valence-corrected chi connectivity index (χ1v) is 7.74. The van der Waals surface area contributed by atoms with Gasteiger partial charge >= 0.3 is 0 Å². The van der Waals surface area contributed by atoms with Crippen molar-refractivity contribution in [2.75, 3.05) is 18.9 Å². The fourth-order valence-electron chi connectivity index (χ4n) is 2.51. The van der Waals surface area contributed by atoms with Crippen molar-refractivity contribution in [1.82, 2.24) is 19.8 Å². The molecule has 1 N–H and O–H groups in total. The quantitative estimate of drug-likeness (QED) is 0.861. The van der Waals surface area contributed by atoms with E-state index >= 15 is 0 Å². The van der Waals surface area contributed by atoms with Crippen LogP contribution in [0.3, 0.4) is 0 Å². The summed E-state index contributed by atoms with van der Waals surface area (Å²) in [4.78, 5) is 25.6. The maximum Gasteiger partial charge on any atom is 0.245 e. The highest BCUT2D eigenvalue weighted by atomic mass is 16.5. The number of aromatic nitrogens is 3. The van der Waals surface area contributed by atoms with Crippen molar-refractivity contribution >= 4 is 17.6 Å². The number of hydrogen-bond donors (Lipinski definition) is 1. The zero-order valence-electron chi connectivity index (χ0n) is 14.7. The van der Waals surface area contributed by atoms with Gasteiger partial charge in [0.15, 0.2) is 5.82 Å². The number of carbonyl (C=O) groups is 2. The second-order valence-electron chi connectivity index (χ2n) is 5.89. The van der Waals surface area contributed by atoms with Crippen LogP contribution in [0.1, 0.15) is 29.1 Å². The average molecular weight is 333 g/mol. The number of carbonyl (C=O) groups excluding carboxylic acids is 2. The molecule has 0 bridgehead atoms. The van der Waals surface area contributed by atoms with Crippen molar-refractivity contribution in [2.24, 2.45) is 7.05 Å². The summed E-state index contributed by atoms with van der Waals surface area (Å²) in [6, 6.07) is 1.62. The molecule has 0 atom stereocenters. The Labute approximate surface area is 140 Å². The van der Waals surface area contributed by atoms with Crippen LogP contribution < -0.4 is 5.32 Å². The van der Waals surface area contributed by atoms with Gasteiger partial charge in [0.05, 0.1) is 12.2 Å². The van der Waals surface area contributed by atoms with Crippen LogP contribution in [-0.2, 0) is 23.1 Å². The number of anilines is 1. The lowest BCUT2D eigenvalue weighted by Crippen LogP contribution is -2.35. The number of nitrogens with one attached hydrogen (secondary N) is 1. The van der Waals surface area contributed by atoms with Crippen LogP contribution in [-0.4, -0.2) is 45.2 Å². The van der Waals surface area contributed by atoms with Crippen LogP contribution in [0.25, 0.3) is 0 Å². The minimum absolute atomic E-state index is 0.0320. The van der Waals surface area contributed by atoms with Crippen LogP contribution >= 0.6 is 0 Å². The summed E-state index contributed by atoms with van der Waals surface area (Å²) in [5.74, 6) is 0.550. The highest BCUT2D eigenvalue weighted by molar-refractivity contribution is 5.93. The zero-order valence-corrected chi connectivity index (χ0v) is 14.7. The molecule has 24 heavy (non-hydrogen) atoms. The average Bonchev–Trinajstić information content (AvgIpc) is 3.01. The Morgan fingerprint density at radius 3 is 2.58 bits per heavy atom. The van der Waals surface area contributed by atoms with Crippen LogP contribution in [0.15, 0.2) is 10.6 Å². The summed E-state index contributed by atoms with van der Waals surface area (Å²) < 4.78 is 6.69. The van der Waals surface area contributed by atoms with E-state index in [1.807, 2.05) is 25.6 Å². The van der Waals surface area contributed by atoms with Gasteiger partial charge in [-0.3, -0.25) is 14.3 Å². The highest BCUT2D eigenvalue weighted by Crippen LogP contribution is 2.14. The standard InChI is InChI=1S/C16H23N5O3/c1-10-8-14(19-24-10)17-15(22)9-20(4)16(23)7-6-13-11(2)18-21(5)12(13)3/h8H,6-7,9H2,1-5H3,(H,17,19,22). The van der Waals surface area contributed by atoms with Gasteiger partial charge in [0, 0.05) is 32.3 Å². The maximum atomic E-state index is 12.2. The molecule has 0 aromatic carbocycles. The van der Waals surface area contributed by atoms with Crippen molar-refractivity contribution in [2.45, 2.75) is 33.6 Å². The van der Waals surface area contributed by atoms with Crippen molar-refractivity contribution in [1.29, 1.82) is 0 Å². The number of rotatable bonds is 6. The molecule has 2 amide bonds. The van der Waals surface area contributed by atoms with Crippen LogP contribution in [0.2, 0.25) is 0 Å². The molecule has 0 fully saturated rings. The van der Waals surface area contributed by atoms with E-state index in [1.54, 1.807) is 20.0 Å². The third-order valence-electron chi connectivity index (χ3n) is 3.95. The van der Waals surface area contributed by atoms with Crippen LogP contribution in [0.4, 0.5) is 5.82 Å². The predicted molar refractivity (Wildman–Crippen MR) is 88.5 cm³/mol. The molecule has 0 saturated heterocycles. The lowest BCUT2D eigenvalue weighted by atomic mass is 10.1. The normalized spacial score (nSPS) is 10.7. The number of aryl methyl sites for hydroxylation is 3. The number of amides is 2. The lowest BCUT2D eigenvalue weighted by molar-refractivity contribution is -0.133. The Balaban J connectivity index is 1.84. The maximum absolute atomic E-state index is 12.2. The van der Waals surface area contributed by atoms with Gasteiger partial charge in [0.1, 0.15) is 5.76 Å². The fourth-order valence-corrected chi connectivity index (χ4v) is 2.51. The van der Waals surface area contributed by atoms with E-state index in [-0.39, 0.29) is 18.4 Å². The molecular formula is C16H23N5O3. The molecule has 8 heteroatoms. The second-order valence-corrected chi connectivity index (χ2v) is 5.89. The molecule has 0 unspecified atom stereocenters. The molecule has 0 aliphatic carbocycles. The Morgan fingerprint density at radius 1 is 1.33 bits per heavy atom. The van der Waals surface area contributed by atoms with E-state index in [9.17, 15) is 9.59 Å². The lowest BCUT2D eigenvalue weighted by Gasteiger charge is -2.16. The zero-order chi connectivity index (χ0) is 17.9. The smallest absolute Gasteiger partial charge is 0.245 e. The molecule has 130 valence electrons. The first kappa shape index (κ1) is 17.7. The van der Waals surface area contributed by atoms with E-state index in [0.717, 1.165) is 17.0 Å². The third-order valence-corrected chi connectivity index (χ3v) is 3.95. The number of hydrogen-bond acceptors (Lipinski definition) is 5. The Morgan fingerprint density at radius 2 is 2.04 bits per heavy atom. The van der Waals surface area contributed by atoms with Gasteiger partial charge in [-0.05, 0) is 32.8 Å². The Kier molecular flexibility index (Phi) is 5.38. The van der Waals surface area contributed by atoms with Gasteiger partial charge in [-0.15, -0.1) is 0 Å². The topological polar surface area (TPSA) is 93.3 Å².